The average molecular weight is 395 g/mol. The molecule has 6 nitrogen and oxygen atoms in total. The molecule has 0 saturated carbocycles. The van der Waals surface area contributed by atoms with E-state index in [-0.39, 0.29) is 11.9 Å². The Bertz CT molecular complexity index is 913. The number of fused-ring (bicyclic) bond motifs is 1. The summed E-state index contributed by atoms with van der Waals surface area (Å²) >= 11 is 0. The lowest BCUT2D eigenvalue weighted by Gasteiger charge is -2.43. The van der Waals surface area contributed by atoms with Crippen LogP contribution in [0.25, 0.3) is 10.9 Å². The molecule has 2 aliphatic heterocycles. The molecule has 1 spiro atoms. The zero-order chi connectivity index (χ0) is 20.6. The summed E-state index contributed by atoms with van der Waals surface area (Å²) in [6, 6.07) is 10.1. The smallest absolute Gasteiger partial charge is 0.327 e. The third-order valence-corrected chi connectivity index (χ3v) is 6.17. The normalized spacial score (nSPS) is 19.2. The van der Waals surface area contributed by atoms with Crippen LogP contribution >= 0.6 is 0 Å². The lowest BCUT2D eigenvalue weighted by molar-refractivity contribution is -0.134. The van der Waals surface area contributed by atoms with E-state index in [9.17, 15) is 9.59 Å². The molecule has 154 valence electrons. The highest BCUT2D eigenvalue weighted by Gasteiger charge is 2.57. The van der Waals surface area contributed by atoms with Gasteiger partial charge < -0.3 is 9.80 Å². The second-order valence-electron chi connectivity index (χ2n) is 8.61. The van der Waals surface area contributed by atoms with Gasteiger partial charge in [0.05, 0.1) is 5.52 Å². The number of para-hydroxylation sites is 1. The summed E-state index contributed by atoms with van der Waals surface area (Å²) in [5, 5.41) is 1.13. The molecule has 2 fully saturated rings. The Labute approximate surface area is 172 Å². The molecule has 6 heteroatoms. The molecule has 4 rings (SSSR count). The molecule has 1 aromatic heterocycles. The number of carbonyl (C=O) groups excluding carboxylic acids is 2. The van der Waals surface area contributed by atoms with Gasteiger partial charge in [-0.05, 0) is 37.3 Å². The number of amides is 3. The van der Waals surface area contributed by atoms with Gasteiger partial charge in [-0.1, -0.05) is 39.0 Å². The summed E-state index contributed by atoms with van der Waals surface area (Å²) in [5.74, 6) is 0.330. The number of urea groups is 1. The Morgan fingerprint density at radius 2 is 1.83 bits per heavy atom. The molecule has 0 radical (unpaired) electrons. The molecule has 2 saturated heterocycles. The Kier molecular flexibility index (Phi) is 5.19. The molecule has 0 atom stereocenters. The van der Waals surface area contributed by atoms with Gasteiger partial charge in [-0.2, -0.15) is 0 Å². The lowest BCUT2D eigenvalue weighted by atomic mass is 9.85. The molecule has 3 heterocycles. The van der Waals surface area contributed by atoms with Gasteiger partial charge in [0.2, 0.25) is 0 Å². The van der Waals surface area contributed by atoms with Crippen molar-refractivity contribution >= 4 is 28.5 Å². The zero-order valence-corrected chi connectivity index (χ0v) is 17.6. The van der Waals surface area contributed by atoms with Crippen LogP contribution in [0.5, 0.6) is 0 Å². The maximum absolute atomic E-state index is 13.4. The number of carbonyl (C=O) groups is 2. The minimum atomic E-state index is -0.685. The van der Waals surface area contributed by atoms with Gasteiger partial charge in [-0.25, -0.2) is 4.79 Å². The molecule has 0 bridgehead atoms. The summed E-state index contributed by atoms with van der Waals surface area (Å²) in [6.45, 7) is 8.85. The molecular formula is C23H30N4O2. The van der Waals surface area contributed by atoms with Gasteiger partial charge in [0.25, 0.3) is 5.91 Å². The summed E-state index contributed by atoms with van der Waals surface area (Å²) < 4.78 is 0. The van der Waals surface area contributed by atoms with E-state index in [4.69, 9.17) is 0 Å². The molecule has 0 N–H and O–H groups in total. The first kappa shape index (κ1) is 19.7. The van der Waals surface area contributed by atoms with Gasteiger partial charge in [0.1, 0.15) is 5.54 Å². The fourth-order valence-electron chi connectivity index (χ4n) is 4.78. The van der Waals surface area contributed by atoms with Crippen LogP contribution < -0.4 is 4.90 Å². The molecule has 2 aromatic rings. The molecular weight excluding hydrogens is 364 g/mol. The summed E-state index contributed by atoms with van der Waals surface area (Å²) in [7, 11) is 0. The van der Waals surface area contributed by atoms with Crippen LogP contribution in [0.3, 0.4) is 0 Å². The maximum Gasteiger partial charge on any atom is 0.327 e. The van der Waals surface area contributed by atoms with E-state index in [1.165, 1.54) is 4.90 Å². The summed E-state index contributed by atoms with van der Waals surface area (Å²) in [6.07, 6.45) is 3.97. The largest absolute Gasteiger partial charge is 0.371 e. The number of nitrogens with zero attached hydrogens (tertiary/aromatic N) is 4. The fraction of sp³-hybridized carbons (Fsp3) is 0.522. The molecule has 3 amide bonds. The molecule has 1 aromatic carbocycles. The number of anilines is 1. The number of hydrogen-bond acceptors (Lipinski definition) is 4. The lowest BCUT2D eigenvalue weighted by Crippen LogP contribution is -2.57. The highest BCUT2D eigenvalue weighted by atomic mass is 16.2. The quantitative estimate of drug-likeness (QED) is 0.722. The van der Waals surface area contributed by atoms with Crippen molar-refractivity contribution < 1.29 is 9.59 Å². The molecule has 29 heavy (non-hydrogen) atoms. The number of imide groups is 1. The number of benzene rings is 1. The highest BCUT2D eigenvalue weighted by molar-refractivity contribution is 6.07. The Morgan fingerprint density at radius 1 is 1.10 bits per heavy atom. The number of pyridine rings is 1. The molecule has 2 aliphatic rings. The van der Waals surface area contributed by atoms with Crippen LogP contribution in [-0.4, -0.2) is 58.4 Å². The highest BCUT2D eigenvalue weighted by Crippen LogP contribution is 2.39. The Hall–Kier alpha value is -2.63. The first-order chi connectivity index (χ1) is 14.0. The monoisotopic (exact) mass is 394 g/mol. The predicted octanol–water partition coefficient (Wildman–Crippen LogP) is 3.90. The third kappa shape index (κ3) is 3.24. The van der Waals surface area contributed by atoms with Crippen molar-refractivity contribution in [2.75, 3.05) is 31.1 Å². The van der Waals surface area contributed by atoms with E-state index >= 15 is 0 Å². The second-order valence-corrected chi connectivity index (χ2v) is 8.61. The standard InChI is InChI=1S/C23H30N4O2/c1-4-13-26-21(28)23(27(22(26)29)16-17(2)3)10-14-25(15-11-23)20-9-12-24-19-8-6-5-7-18(19)20/h5-9,12,17H,4,10-11,13-16H2,1-3H3. The average Bonchev–Trinajstić information content (AvgIpc) is 2.90. The van der Waals surface area contributed by atoms with Crippen LogP contribution in [0.2, 0.25) is 0 Å². The topological polar surface area (TPSA) is 56.8 Å². The first-order valence-corrected chi connectivity index (χ1v) is 10.7. The van der Waals surface area contributed by atoms with Crippen molar-refractivity contribution in [2.45, 2.75) is 45.6 Å². The van der Waals surface area contributed by atoms with Crippen molar-refractivity contribution in [3.63, 3.8) is 0 Å². The van der Waals surface area contributed by atoms with E-state index in [1.54, 1.807) is 0 Å². The Morgan fingerprint density at radius 3 is 2.52 bits per heavy atom. The van der Waals surface area contributed by atoms with Gasteiger partial charge in [-0.15, -0.1) is 0 Å². The van der Waals surface area contributed by atoms with Gasteiger partial charge in [-0.3, -0.25) is 14.7 Å². The van der Waals surface area contributed by atoms with E-state index in [0.29, 0.717) is 31.8 Å². The second kappa shape index (κ2) is 7.65. The number of piperidine rings is 1. The van der Waals surface area contributed by atoms with Crippen molar-refractivity contribution in [3.05, 3.63) is 36.5 Å². The molecule has 0 unspecified atom stereocenters. The van der Waals surface area contributed by atoms with Crippen molar-refractivity contribution in [2.24, 2.45) is 5.92 Å². The van der Waals surface area contributed by atoms with Gasteiger partial charge in [0.15, 0.2) is 0 Å². The van der Waals surface area contributed by atoms with Gasteiger partial charge >= 0.3 is 6.03 Å². The zero-order valence-electron chi connectivity index (χ0n) is 17.6. The van der Waals surface area contributed by atoms with E-state index < -0.39 is 5.54 Å². The van der Waals surface area contributed by atoms with Crippen LogP contribution in [0.15, 0.2) is 36.5 Å². The maximum atomic E-state index is 13.4. The minimum absolute atomic E-state index is 0.00392. The van der Waals surface area contributed by atoms with Gasteiger partial charge in [0, 0.05) is 43.4 Å². The Balaban J connectivity index is 1.62. The van der Waals surface area contributed by atoms with E-state index in [2.05, 4.69) is 35.9 Å². The van der Waals surface area contributed by atoms with Crippen molar-refractivity contribution in [1.29, 1.82) is 0 Å². The summed E-state index contributed by atoms with van der Waals surface area (Å²) in [4.78, 5) is 36.6. The van der Waals surface area contributed by atoms with Crippen molar-refractivity contribution in [1.82, 2.24) is 14.8 Å². The minimum Gasteiger partial charge on any atom is -0.371 e. The van der Waals surface area contributed by atoms with Crippen molar-refractivity contribution in [3.8, 4) is 0 Å². The summed E-state index contributed by atoms with van der Waals surface area (Å²) in [5.41, 5.74) is 1.45. The third-order valence-electron chi connectivity index (χ3n) is 6.17. The molecule has 0 aliphatic carbocycles. The van der Waals surface area contributed by atoms with Crippen LogP contribution in [0.1, 0.15) is 40.0 Å². The number of aromatic nitrogens is 1. The van der Waals surface area contributed by atoms with E-state index in [0.717, 1.165) is 36.1 Å². The van der Waals surface area contributed by atoms with Crippen LogP contribution in [0.4, 0.5) is 10.5 Å². The van der Waals surface area contributed by atoms with Crippen LogP contribution in [0, 0.1) is 5.92 Å². The van der Waals surface area contributed by atoms with Crippen LogP contribution in [-0.2, 0) is 4.79 Å². The first-order valence-electron chi connectivity index (χ1n) is 10.7. The van der Waals surface area contributed by atoms with E-state index in [1.807, 2.05) is 36.2 Å². The number of rotatable bonds is 5. The number of hydrogen-bond donors (Lipinski definition) is 0. The fourth-order valence-corrected chi connectivity index (χ4v) is 4.78. The SMILES string of the molecule is CCCN1C(=O)N(CC(C)C)C2(CCN(c3ccnc4ccccc34)CC2)C1=O. The predicted molar refractivity (Wildman–Crippen MR) is 115 cm³/mol.